The summed E-state index contributed by atoms with van der Waals surface area (Å²) in [4.78, 5) is 18.4. The molecule has 128 valence electrons. The van der Waals surface area contributed by atoms with Crippen LogP contribution in [-0.2, 0) is 4.79 Å². The van der Waals surface area contributed by atoms with Gasteiger partial charge in [0, 0.05) is 10.8 Å². The summed E-state index contributed by atoms with van der Waals surface area (Å²) in [6, 6.07) is 16.0. The number of carbonyl (C=O) groups excluding carboxylic acids is 1. The number of benzene rings is 2. The maximum atomic E-state index is 12.3. The Morgan fingerprint density at radius 2 is 1.52 bits per heavy atom. The van der Waals surface area contributed by atoms with Gasteiger partial charge in [-0.3, -0.25) is 15.6 Å². The molecule has 0 unspecified atom stereocenters. The minimum absolute atomic E-state index is 0.0295. The van der Waals surface area contributed by atoms with Crippen molar-refractivity contribution in [3.05, 3.63) is 48.5 Å². The number of nitrogens with zero attached hydrogens (tertiary/aromatic N) is 1. The molecular weight excluding hydrogens is 312 g/mol. The third-order valence-electron chi connectivity index (χ3n) is 4.89. The van der Waals surface area contributed by atoms with Crippen LogP contribution in [-0.4, -0.2) is 30.5 Å². The molecule has 2 aromatic carbocycles. The molecular formula is C20H23N4O+. The van der Waals surface area contributed by atoms with Gasteiger partial charge in [0.2, 0.25) is 0 Å². The van der Waals surface area contributed by atoms with E-state index in [0.717, 1.165) is 40.6 Å². The quantitative estimate of drug-likeness (QED) is 0.504. The Kier molecular flexibility index (Phi) is 4.48. The van der Waals surface area contributed by atoms with Gasteiger partial charge in [-0.25, -0.2) is 4.98 Å². The molecule has 3 aromatic rings. The maximum Gasteiger partial charge on any atom is 0.293 e. The number of piperidine rings is 1. The fourth-order valence-electron chi connectivity index (χ4n) is 3.61. The predicted molar refractivity (Wildman–Crippen MR) is 100 cm³/mol. The number of anilines is 1. The van der Waals surface area contributed by atoms with Gasteiger partial charge >= 0.3 is 0 Å². The van der Waals surface area contributed by atoms with E-state index in [9.17, 15) is 4.79 Å². The Labute approximate surface area is 147 Å². The van der Waals surface area contributed by atoms with Gasteiger partial charge in [0.25, 0.3) is 5.91 Å². The number of hydrazine groups is 1. The fourth-order valence-corrected chi connectivity index (χ4v) is 3.61. The van der Waals surface area contributed by atoms with E-state index < -0.39 is 0 Å². The van der Waals surface area contributed by atoms with Crippen LogP contribution in [0, 0.1) is 0 Å². The summed E-state index contributed by atoms with van der Waals surface area (Å²) >= 11 is 0. The lowest BCUT2D eigenvalue weighted by molar-refractivity contribution is -0.896. The standard InChI is InChI=1S/C20H22N4O/c25-19(14-24-12-6-1-7-13-24)22-23-20-15-8-2-4-10-17(15)21-18-11-5-3-9-16(18)20/h2-5,8-11H,1,6-7,12-14H2,(H,21,23)(H,22,25)/p+1. The second-order valence-electron chi connectivity index (χ2n) is 6.68. The molecule has 0 saturated carbocycles. The van der Waals surface area contributed by atoms with Gasteiger partial charge in [-0.05, 0) is 31.4 Å². The molecule has 1 aliphatic rings. The van der Waals surface area contributed by atoms with Gasteiger partial charge < -0.3 is 4.90 Å². The summed E-state index contributed by atoms with van der Waals surface area (Å²) in [7, 11) is 0. The Bertz CT molecular complexity index is 848. The Morgan fingerprint density at radius 3 is 2.16 bits per heavy atom. The number of hydrogen-bond donors (Lipinski definition) is 3. The van der Waals surface area contributed by atoms with Crippen LogP contribution in [0.1, 0.15) is 19.3 Å². The molecule has 1 amide bonds. The first kappa shape index (κ1) is 15.8. The largest absolute Gasteiger partial charge is 0.327 e. The first-order chi connectivity index (χ1) is 12.3. The van der Waals surface area contributed by atoms with Gasteiger partial charge in [-0.2, -0.15) is 0 Å². The maximum absolute atomic E-state index is 12.3. The molecule has 5 nitrogen and oxygen atoms in total. The first-order valence-corrected chi connectivity index (χ1v) is 8.97. The zero-order valence-electron chi connectivity index (χ0n) is 14.2. The molecule has 4 rings (SSSR count). The van der Waals surface area contributed by atoms with Crippen LogP contribution in [0.25, 0.3) is 21.8 Å². The molecule has 5 heteroatoms. The van der Waals surface area contributed by atoms with Crippen LogP contribution < -0.4 is 15.8 Å². The van der Waals surface area contributed by atoms with Crippen LogP contribution in [0.2, 0.25) is 0 Å². The van der Waals surface area contributed by atoms with Crippen LogP contribution in [0.5, 0.6) is 0 Å². The number of hydrogen-bond acceptors (Lipinski definition) is 3. The molecule has 25 heavy (non-hydrogen) atoms. The summed E-state index contributed by atoms with van der Waals surface area (Å²) in [6.07, 6.45) is 3.73. The second kappa shape index (κ2) is 7.07. The van der Waals surface area contributed by atoms with E-state index in [0.29, 0.717) is 6.54 Å². The fraction of sp³-hybridized carbons (Fsp3) is 0.300. The molecule has 3 N–H and O–H groups in total. The average Bonchev–Trinajstić information content (AvgIpc) is 2.66. The minimum Gasteiger partial charge on any atom is -0.327 e. The van der Waals surface area contributed by atoms with Crippen molar-refractivity contribution in [2.75, 3.05) is 25.1 Å². The van der Waals surface area contributed by atoms with Crippen molar-refractivity contribution in [3.8, 4) is 0 Å². The van der Waals surface area contributed by atoms with Gasteiger partial charge in [0.05, 0.1) is 29.8 Å². The predicted octanol–water partition coefficient (Wildman–Crippen LogP) is 1.90. The number of quaternary nitrogens is 1. The number of likely N-dealkylation sites (tertiary alicyclic amines) is 1. The Balaban J connectivity index is 1.58. The number of nitrogens with one attached hydrogen (secondary N) is 3. The highest BCUT2D eigenvalue weighted by atomic mass is 16.2. The number of aromatic nitrogens is 1. The van der Waals surface area contributed by atoms with Crippen LogP contribution >= 0.6 is 0 Å². The monoisotopic (exact) mass is 335 g/mol. The molecule has 1 aromatic heterocycles. The molecule has 0 spiro atoms. The van der Waals surface area contributed by atoms with Gasteiger partial charge in [-0.1, -0.05) is 36.4 Å². The molecule has 1 aliphatic heterocycles. The van der Waals surface area contributed by atoms with Crippen molar-refractivity contribution < 1.29 is 9.69 Å². The highest BCUT2D eigenvalue weighted by molar-refractivity contribution is 6.07. The molecule has 2 heterocycles. The lowest BCUT2D eigenvalue weighted by Gasteiger charge is -2.23. The van der Waals surface area contributed by atoms with Crippen molar-refractivity contribution >= 4 is 33.4 Å². The molecule has 0 aliphatic carbocycles. The first-order valence-electron chi connectivity index (χ1n) is 8.97. The van der Waals surface area contributed by atoms with Gasteiger partial charge in [0.1, 0.15) is 0 Å². The van der Waals surface area contributed by atoms with Crippen LogP contribution in [0.15, 0.2) is 48.5 Å². The number of para-hydroxylation sites is 2. The van der Waals surface area contributed by atoms with E-state index in [1.54, 1.807) is 0 Å². The van der Waals surface area contributed by atoms with E-state index in [-0.39, 0.29) is 5.91 Å². The second-order valence-corrected chi connectivity index (χ2v) is 6.68. The highest BCUT2D eigenvalue weighted by Gasteiger charge is 2.17. The third kappa shape index (κ3) is 3.42. The van der Waals surface area contributed by atoms with E-state index >= 15 is 0 Å². The normalized spacial score (nSPS) is 15.4. The summed E-state index contributed by atoms with van der Waals surface area (Å²) < 4.78 is 0. The molecule has 0 bridgehead atoms. The van der Waals surface area contributed by atoms with Gasteiger partial charge in [-0.15, -0.1) is 0 Å². The number of carbonyl (C=O) groups is 1. The number of amides is 1. The zero-order chi connectivity index (χ0) is 17.1. The highest BCUT2D eigenvalue weighted by Crippen LogP contribution is 2.29. The molecule has 1 saturated heterocycles. The average molecular weight is 335 g/mol. The SMILES string of the molecule is O=C(C[NH+]1CCCCC1)NNc1c2ccccc2nc2ccccc12. The van der Waals surface area contributed by atoms with E-state index in [1.807, 2.05) is 48.5 Å². The third-order valence-corrected chi connectivity index (χ3v) is 4.89. The van der Waals surface area contributed by atoms with Crippen molar-refractivity contribution in [2.45, 2.75) is 19.3 Å². The van der Waals surface area contributed by atoms with Crippen LogP contribution in [0.3, 0.4) is 0 Å². The Morgan fingerprint density at radius 1 is 0.920 bits per heavy atom. The Hall–Kier alpha value is -2.66. The molecule has 1 fully saturated rings. The molecule has 0 atom stereocenters. The number of fused-ring (bicyclic) bond motifs is 2. The van der Waals surface area contributed by atoms with Crippen molar-refractivity contribution in [1.82, 2.24) is 10.4 Å². The summed E-state index contributed by atoms with van der Waals surface area (Å²) in [5, 5.41) is 2.01. The summed E-state index contributed by atoms with van der Waals surface area (Å²) in [5.74, 6) is 0.0295. The van der Waals surface area contributed by atoms with Crippen LogP contribution in [0.4, 0.5) is 5.69 Å². The lowest BCUT2D eigenvalue weighted by atomic mass is 10.1. The minimum atomic E-state index is 0.0295. The summed E-state index contributed by atoms with van der Waals surface area (Å²) in [5.41, 5.74) is 8.80. The smallest absolute Gasteiger partial charge is 0.293 e. The number of pyridine rings is 1. The topological polar surface area (TPSA) is 58.5 Å². The van der Waals surface area contributed by atoms with Crippen molar-refractivity contribution in [3.63, 3.8) is 0 Å². The molecule has 0 radical (unpaired) electrons. The van der Waals surface area contributed by atoms with E-state index in [2.05, 4.69) is 10.9 Å². The number of rotatable bonds is 4. The zero-order valence-corrected chi connectivity index (χ0v) is 14.2. The van der Waals surface area contributed by atoms with E-state index in [1.165, 1.54) is 24.2 Å². The van der Waals surface area contributed by atoms with Crippen molar-refractivity contribution in [1.29, 1.82) is 0 Å². The van der Waals surface area contributed by atoms with E-state index in [4.69, 9.17) is 4.98 Å². The van der Waals surface area contributed by atoms with Crippen molar-refractivity contribution in [2.24, 2.45) is 0 Å². The summed E-state index contributed by atoms with van der Waals surface area (Å²) in [6.45, 7) is 2.71. The van der Waals surface area contributed by atoms with Gasteiger partial charge in [0.15, 0.2) is 6.54 Å². The lowest BCUT2D eigenvalue weighted by Crippen LogP contribution is -3.14.